The van der Waals surface area contributed by atoms with Gasteiger partial charge in [-0.3, -0.25) is 14.5 Å². The number of rotatable bonds is 3. The second-order valence-corrected chi connectivity index (χ2v) is 9.36. The Morgan fingerprint density at radius 3 is 2.59 bits per heavy atom. The van der Waals surface area contributed by atoms with Crippen molar-refractivity contribution < 1.29 is 24.2 Å². The number of carbonyl (C=O) groups is 2. The summed E-state index contributed by atoms with van der Waals surface area (Å²) in [4.78, 5) is 28.7. The summed E-state index contributed by atoms with van der Waals surface area (Å²) < 4.78 is 10.7. The molecule has 3 aliphatic heterocycles. The summed E-state index contributed by atoms with van der Waals surface area (Å²) in [7, 11) is 2.89. The molecule has 1 fully saturated rings. The van der Waals surface area contributed by atoms with Crippen LogP contribution in [0.5, 0.6) is 11.5 Å². The number of aryl methyl sites for hydroxylation is 1. The van der Waals surface area contributed by atoms with E-state index in [1.54, 1.807) is 6.92 Å². The van der Waals surface area contributed by atoms with Gasteiger partial charge in [-0.2, -0.15) is 5.26 Å². The first-order valence-corrected chi connectivity index (χ1v) is 11.4. The molecule has 3 heterocycles. The molecule has 1 unspecified atom stereocenters. The highest BCUT2D eigenvalue weighted by Gasteiger charge is 2.55. The molecule has 5 atom stereocenters. The predicted molar refractivity (Wildman–Crippen MR) is 122 cm³/mol. The second-order valence-electron chi connectivity index (χ2n) is 9.36. The van der Waals surface area contributed by atoms with Crippen LogP contribution in [0.15, 0.2) is 28.5 Å². The number of nitrogens with two attached hydrogens (primary N) is 1. The molecular formula is C25H28N4O5. The van der Waals surface area contributed by atoms with E-state index < -0.39 is 12.1 Å². The van der Waals surface area contributed by atoms with Crippen LogP contribution in [-0.2, 0) is 20.7 Å². The highest BCUT2D eigenvalue weighted by Crippen LogP contribution is 2.50. The van der Waals surface area contributed by atoms with Crippen LogP contribution >= 0.6 is 0 Å². The maximum Gasteiger partial charge on any atom is 0.225 e. The number of methoxy groups -OCH3 is 2. The Bertz CT molecular complexity index is 1230. The fraction of sp³-hybridized carbons (Fsp3) is 0.480. The zero-order valence-electron chi connectivity index (χ0n) is 19.6. The van der Waals surface area contributed by atoms with E-state index in [0.29, 0.717) is 28.9 Å². The number of aromatic hydroxyl groups is 1. The first-order chi connectivity index (χ1) is 16.3. The van der Waals surface area contributed by atoms with Crippen LogP contribution in [0.25, 0.3) is 0 Å². The number of Topliss-reactive ketones (excluding diaryl/α,β-unsaturated/α-hetero) is 2. The first kappa shape index (κ1) is 22.6. The molecule has 0 aromatic heterocycles. The van der Waals surface area contributed by atoms with Crippen molar-refractivity contribution in [3.8, 4) is 17.6 Å². The van der Waals surface area contributed by atoms with Crippen molar-refractivity contribution in [2.45, 2.75) is 56.9 Å². The maximum absolute atomic E-state index is 13.4. The Kier molecular flexibility index (Phi) is 5.28. The van der Waals surface area contributed by atoms with Crippen molar-refractivity contribution in [2.75, 3.05) is 20.8 Å². The third-order valence-corrected chi connectivity index (χ3v) is 7.78. The minimum atomic E-state index is -0.615. The van der Waals surface area contributed by atoms with Gasteiger partial charge in [0.2, 0.25) is 5.78 Å². The SMILES string of the molecule is COC1=C(C)C(=O)C2=C(C1=O)[C@H](CN)N1C(C2)[C@@H]2N[C@H](Cc3cc(C)c(OC)c(O)c32)[C@@H]1C#N. The van der Waals surface area contributed by atoms with Gasteiger partial charge in [0.05, 0.1) is 32.4 Å². The van der Waals surface area contributed by atoms with Crippen molar-refractivity contribution in [3.63, 3.8) is 0 Å². The normalized spacial score (nSPS) is 30.4. The molecule has 9 nitrogen and oxygen atoms in total. The summed E-state index contributed by atoms with van der Waals surface area (Å²) in [6.45, 7) is 3.54. The highest BCUT2D eigenvalue weighted by atomic mass is 16.5. The predicted octanol–water partition coefficient (Wildman–Crippen LogP) is 0.941. The van der Waals surface area contributed by atoms with E-state index in [4.69, 9.17) is 15.2 Å². The molecule has 1 aromatic rings. The number of fused-ring (bicyclic) bond motifs is 6. The molecule has 4 aliphatic rings. The lowest BCUT2D eigenvalue weighted by molar-refractivity contribution is -0.121. The lowest BCUT2D eigenvalue weighted by Crippen LogP contribution is -2.71. The van der Waals surface area contributed by atoms with Crippen molar-refractivity contribution in [3.05, 3.63) is 45.2 Å². The Labute approximate surface area is 197 Å². The molecule has 9 heteroatoms. The smallest absolute Gasteiger partial charge is 0.225 e. The largest absolute Gasteiger partial charge is 0.504 e. The van der Waals surface area contributed by atoms with Gasteiger partial charge in [0, 0.05) is 40.9 Å². The van der Waals surface area contributed by atoms with E-state index in [-0.39, 0.29) is 59.7 Å². The van der Waals surface area contributed by atoms with Crippen LogP contribution in [-0.4, -0.2) is 66.5 Å². The average molecular weight is 465 g/mol. The molecular weight excluding hydrogens is 436 g/mol. The lowest BCUT2D eigenvalue weighted by atomic mass is 9.70. The van der Waals surface area contributed by atoms with E-state index >= 15 is 0 Å². The number of allylic oxidation sites excluding steroid dienone is 2. The van der Waals surface area contributed by atoms with Crippen LogP contribution < -0.4 is 15.8 Å². The Morgan fingerprint density at radius 2 is 1.97 bits per heavy atom. The van der Waals surface area contributed by atoms with E-state index in [1.807, 2.05) is 17.9 Å². The average Bonchev–Trinajstić information content (AvgIpc) is 2.82. The molecule has 1 aromatic carbocycles. The van der Waals surface area contributed by atoms with E-state index in [2.05, 4.69) is 11.4 Å². The number of piperazine rings is 1. The molecule has 34 heavy (non-hydrogen) atoms. The molecule has 1 saturated heterocycles. The fourth-order valence-electron chi connectivity index (χ4n) is 6.43. The number of ether oxygens (including phenoxy) is 2. The van der Waals surface area contributed by atoms with Gasteiger partial charge in [-0.1, -0.05) is 6.07 Å². The zero-order chi connectivity index (χ0) is 24.5. The van der Waals surface area contributed by atoms with Gasteiger partial charge in [-0.15, -0.1) is 0 Å². The van der Waals surface area contributed by atoms with Crippen molar-refractivity contribution in [1.82, 2.24) is 10.2 Å². The topological polar surface area (TPSA) is 138 Å². The van der Waals surface area contributed by atoms with Gasteiger partial charge >= 0.3 is 0 Å². The van der Waals surface area contributed by atoms with Gasteiger partial charge in [-0.25, -0.2) is 0 Å². The number of hydrogen-bond donors (Lipinski definition) is 3. The standard InChI is InChI=1S/C25H28N4O5/c1-10-5-12-6-14-16(8-26)29-15(20(28-14)18(12)22(31)24(10)33-3)7-13-19(17(29)9-27)23(32)25(34-4)11(2)21(13)30/h5,14-17,20,28,31H,6-7,9,27H2,1-4H3/t14-,15?,16+,17+,20+/m1/s1. The number of nitriles is 1. The van der Waals surface area contributed by atoms with Crippen LogP contribution in [0.3, 0.4) is 0 Å². The van der Waals surface area contributed by atoms with Gasteiger partial charge in [0.15, 0.2) is 23.0 Å². The summed E-state index contributed by atoms with van der Waals surface area (Å²) in [6, 6.07) is 2.28. The third kappa shape index (κ3) is 2.83. The van der Waals surface area contributed by atoms with E-state index in [0.717, 1.165) is 11.1 Å². The van der Waals surface area contributed by atoms with Crippen LogP contribution in [0.4, 0.5) is 0 Å². The van der Waals surface area contributed by atoms with E-state index in [1.165, 1.54) is 14.2 Å². The number of ketones is 2. The number of phenols is 1. The molecule has 5 rings (SSSR count). The number of nitrogens with zero attached hydrogens (tertiary/aromatic N) is 2. The highest BCUT2D eigenvalue weighted by molar-refractivity contribution is 6.25. The van der Waals surface area contributed by atoms with Crippen molar-refractivity contribution in [2.24, 2.45) is 5.73 Å². The maximum atomic E-state index is 13.4. The quantitative estimate of drug-likeness (QED) is 0.558. The molecule has 2 bridgehead atoms. The Morgan fingerprint density at radius 1 is 1.24 bits per heavy atom. The number of nitrogens with one attached hydrogen (secondary N) is 1. The fourth-order valence-corrected chi connectivity index (χ4v) is 6.43. The van der Waals surface area contributed by atoms with E-state index in [9.17, 15) is 20.0 Å². The first-order valence-electron chi connectivity index (χ1n) is 11.4. The number of carbonyl (C=O) groups excluding carboxylic acids is 2. The van der Waals surface area contributed by atoms with Gasteiger partial charge in [-0.05, 0) is 37.8 Å². The van der Waals surface area contributed by atoms with Crippen LogP contribution in [0.2, 0.25) is 0 Å². The van der Waals surface area contributed by atoms with Gasteiger partial charge in [0.1, 0.15) is 6.04 Å². The van der Waals surface area contributed by atoms with Gasteiger partial charge < -0.3 is 25.6 Å². The summed E-state index contributed by atoms with van der Waals surface area (Å²) in [5, 5.41) is 24.9. The Hall–Kier alpha value is -3.19. The van der Waals surface area contributed by atoms with Gasteiger partial charge in [0.25, 0.3) is 0 Å². The minimum Gasteiger partial charge on any atom is -0.504 e. The minimum absolute atomic E-state index is 0.0349. The summed E-state index contributed by atoms with van der Waals surface area (Å²) in [5.74, 6) is -0.0674. The third-order valence-electron chi connectivity index (χ3n) is 7.78. The molecule has 178 valence electrons. The molecule has 4 N–H and O–H groups in total. The Balaban J connectivity index is 1.70. The second kappa shape index (κ2) is 7.94. The molecule has 0 amide bonds. The molecule has 1 aliphatic carbocycles. The number of hydrogen-bond acceptors (Lipinski definition) is 9. The summed E-state index contributed by atoms with van der Waals surface area (Å²) in [5.41, 5.74) is 9.72. The molecule has 0 saturated carbocycles. The van der Waals surface area contributed by atoms with Crippen molar-refractivity contribution >= 4 is 11.6 Å². The molecule has 0 radical (unpaired) electrons. The monoisotopic (exact) mass is 464 g/mol. The number of phenolic OH excluding ortho intramolecular Hbond substituents is 1. The summed E-state index contributed by atoms with van der Waals surface area (Å²) >= 11 is 0. The van der Waals surface area contributed by atoms with Crippen LogP contribution in [0, 0.1) is 18.3 Å². The number of benzene rings is 1. The van der Waals surface area contributed by atoms with Crippen molar-refractivity contribution in [1.29, 1.82) is 5.26 Å². The zero-order valence-corrected chi connectivity index (χ0v) is 19.6. The van der Waals surface area contributed by atoms with Crippen LogP contribution in [0.1, 0.15) is 36.1 Å². The molecule has 0 spiro atoms. The lowest BCUT2D eigenvalue weighted by Gasteiger charge is -2.56. The summed E-state index contributed by atoms with van der Waals surface area (Å²) in [6.07, 6.45) is 0.784.